The molecule has 236 valence electrons. The fraction of sp³-hybridized carbons (Fsp3) is 0.314. The number of carbonyl (C=O) groups is 4. The maximum absolute atomic E-state index is 14.5. The van der Waals surface area contributed by atoms with Crippen LogP contribution in [0.1, 0.15) is 36.8 Å². The smallest absolute Gasteiger partial charge is 0.241 e. The molecule has 1 N–H and O–H groups in total. The average molecular weight is 664 g/mol. The van der Waals surface area contributed by atoms with Crippen LogP contribution in [-0.2, 0) is 19.2 Å². The number of benzene rings is 3. The number of hydrogen-bond donors (Lipinski definition) is 1. The maximum Gasteiger partial charge on any atom is 0.241 e. The number of amides is 4. The van der Waals surface area contributed by atoms with E-state index in [9.17, 15) is 28.7 Å². The molecule has 0 unspecified atom stereocenters. The van der Waals surface area contributed by atoms with Crippen molar-refractivity contribution < 1.29 is 33.4 Å². The summed E-state index contributed by atoms with van der Waals surface area (Å²) in [7, 11) is 1.41. The Kier molecular flexibility index (Phi) is 7.06. The van der Waals surface area contributed by atoms with E-state index in [1.165, 1.54) is 30.2 Å². The predicted molar refractivity (Wildman–Crippen MR) is 169 cm³/mol. The normalized spacial score (nSPS) is 28.7. The number of imide groups is 2. The molecule has 4 aliphatic rings. The average Bonchev–Trinajstić information content (AvgIpc) is 3.40. The van der Waals surface area contributed by atoms with Gasteiger partial charge in [-0.3, -0.25) is 19.2 Å². The predicted octanol–water partition coefficient (Wildman–Crippen LogP) is 6.59. The van der Waals surface area contributed by atoms with Crippen molar-refractivity contribution in [2.75, 3.05) is 16.9 Å². The summed E-state index contributed by atoms with van der Waals surface area (Å²) in [4.78, 5) is 59.1. The molecule has 3 aromatic rings. The molecule has 3 aromatic carbocycles. The molecule has 11 heteroatoms. The molecular formula is C35H29Cl2FN2O6. The number of aromatic hydroxyl groups is 1. The van der Waals surface area contributed by atoms with Crippen LogP contribution in [0, 0.1) is 41.8 Å². The number of ether oxygens (including phenoxy) is 1. The van der Waals surface area contributed by atoms with Crippen LogP contribution < -0.4 is 14.5 Å². The quantitative estimate of drug-likeness (QED) is 0.250. The van der Waals surface area contributed by atoms with E-state index in [1.54, 1.807) is 37.3 Å². The second kappa shape index (κ2) is 10.7. The summed E-state index contributed by atoms with van der Waals surface area (Å²) in [6, 6.07) is 13.5. The molecule has 0 spiro atoms. The molecule has 2 heterocycles. The fourth-order valence-electron chi connectivity index (χ4n) is 8.11. The maximum atomic E-state index is 14.5. The molecule has 3 fully saturated rings. The third kappa shape index (κ3) is 4.17. The van der Waals surface area contributed by atoms with Crippen molar-refractivity contribution in [2.24, 2.45) is 29.1 Å². The lowest BCUT2D eigenvalue weighted by molar-refractivity contribution is -0.131. The summed E-state index contributed by atoms with van der Waals surface area (Å²) in [5, 5.41) is 10.6. The molecule has 1 saturated carbocycles. The molecule has 0 bridgehead atoms. The number of methoxy groups -OCH3 is 1. The Morgan fingerprint density at radius 3 is 2.28 bits per heavy atom. The molecule has 2 saturated heterocycles. The third-order valence-electron chi connectivity index (χ3n) is 10.4. The van der Waals surface area contributed by atoms with Crippen LogP contribution in [0.15, 0.2) is 66.2 Å². The summed E-state index contributed by atoms with van der Waals surface area (Å²) in [6.45, 7) is 3.56. The number of allylic oxidation sites excluding steroid dienone is 2. The van der Waals surface area contributed by atoms with Gasteiger partial charge < -0.3 is 9.84 Å². The van der Waals surface area contributed by atoms with Crippen molar-refractivity contribution in [1.82, 2.24) is 0 Å². The van der Waals surface area contributed by atoms with Crippen LogP contribution in [0.5, 0.6) is 11.5 Å². The Bertz CT molecular complexity index is 1910. The molecule has 8 nitrogen and oxygen atoms in total. The number of anilines is 2. The zero-order valence-corrected chi connectivity index (χ0v) is 26.6. The Morgan fingerprint density at radius 1 is 0.891 bits per heavy atom. The van der Waals surface area contributed by atoms with E-state index >= 15 is 0 Å². The van der Waals surface area contributed by atoms with E-state index in [-0.39, 0.29) is 46.9 Å². The second-order valence-electron chi connectivity index (χ2n) is 12.6. The standard InChI is InChI=1S/C35H29Cl2FN2O6/c1-16-4-6-18(13-24(16)36)39-31(42)21-9-8-20-22(29(21)33(39)44)15-23-32(43)40(19-7-10-26(38)25(37)14-19)34(45)35(23,2)30(20)17-5-11-27(41)28(12-17)46-3/h4-8,10-14,21-23,29-30,41H,9,15H2,1-3H3/t21-,22+,23-,29-,30-,35+/m0/s1. The molecule has 4 amide bonds. The van der Waals surface area contributed by atoms with Gasteiger partial charge in [0.1, 0.15) is 5.82 Å². The minimum Gasteiger partial charge on any atom is -0.504 e. The Labute approximate surface area is 274 Å². The summed E-state index contributed by atoms with van der Waals surface area (Å²) >= 11 is 12.4. The van der Waals surface area contributed by atoms with Gasteiger partial charge in [0, 0.05) is 10.9 Å². The first-order chi connectivity index (χ1) is 21.9. The van der Waals surface area contributed by atoms with Gasteiger partial charge in [0.2, 0.25) is 23.6 Å². The first kappa shape index (κ1) is 30.4. The number of carbonyl (C=O) groups excluding carboxylic acids is 4. The molecule has 7 rings (SSSR count). The van der Waals surface area contributed by atoms with Gasteiger partial charge in [-0.2, -0.15) is 0 Å². The van der Waals surface area contributed by atoms with Crippen molar-refractivity contribution in [2.45, 2.75) is 32.6 Å². The molecule has 46 heavy (non-hydrogen) atoms. The highest BCUT2D eigenvalue weighted by molar-refractivity contribution is 6.32. The molecule has 2 aliphatic heterocycles. The van der Waals surface area contributed by atoms with Crippen molar-refractivity contribution in [3.63, 3.8) is 0 Å². The number of halogens is 3. The summed E-state index contributed by atoms with van der Waals surface area (Å²) in [5.41, 5.74) is 1.39. The zero-order valence-electron chi connectivity index (χ0n) is 25.1. The number of phenols is 1. The Balaban J connectivity index is 1.37. The van der Waals surface area contributed by atoms with Gasteiger partial charge in [0.05, 0.1) is 46.7 Å². The van der Waals surface area contributed by atoms with Crippen LogP contribution in [-0.4, -0.2) is 35.8 Å². The fourth-order valence-corrected chi connectivity index (χ4v) is 8.46. The molecule has 0 aromatic heterocycles. The first-order valence-corrected chi connectivity index (χ1v) is 15.7. The number of rotatable bonds is 4. The van der Waals surface area contributed by atoms with E-state index in [2.05, 4.69) is 0 Å². The third-order valence-corrected chi connectivity index (χ3v) is 11.1. The molecule has 0 radical (unpaired) electrons. The highest BCUT2D eigenvalue weighted by atomic mass is 35.5. The monoisotopic (exact) mass is 662 g/mol. The van der Waals surface area contributed by atoms with Gasteiger partial charge in [0.25, 0.3) is 0 Å². The van der Waals surface area contributed by atoms with Gasteiger partial charge in [-0.15, -0.1) is 0 Å². The molecule has 2 aliphatic carbocycles. The van der Waals surface area contributed by atoms with Crippen LogP contribution >= 0.6 is 23.2 Å². The highest BCUT2D eigenvalue weighted by Crippen LogP contribution is 2.64. The van der Waals surface area contributed by atoms with Gasteiger partial charge >= 0.3 is 0 Å². The number of aryl methyl sites for hydroxylation is 1. The number of hydrogen-bond acceptors (Lipinski definition) is 6. The van der Waals surface area contributed by atoms with Crippen LogP contribution in [0.2, 0.25) is 10.0 Å². The Morgan fingerprint density at radius 2 is 1.59 bits per heavy atom. The highest BCUT2D eigenvalue weighted by Gasteiger charge is 2.67. The van der Waals surface area contributed by atoms with E-state index in [0.29, 0.717) is 16.3 Å². The van der Waals surface area contributed by atoms with E-state index in [0.717, 1.165) is 22.1 Å². The minimum absolute atomic E-state index is 0.0987. The van der Waals surface area contributed by atoms with Crippen molar-refractivity contribution in [3.8, 4) is 11.5 Å². The lowest BCUT2D eigenvalue weighted by Gasteiger charge is -2.49. The van der Waals surface area contributed by atoms with Gasteiger partial charge in [-0.05, 0) is 86.2 Å². The van der Waals surface area contributed by atoms with Crippen LogP contribution in [0.3, 0.4) is 0 Å². The first-order valence-electron chi connectivity index (χ1n) is 14.9. The molecule has 6 atom stereocenters. The molecular weight excluding hydrogens is 634 g/mol. The number of nitrogens with zero attached hydrogens (tertiary/aromatic N) is 2. The summed E-state index contributed by atoms with van der Waals surface area (Å²) < 4.78 is 19.5. The van der Waals surface area contributed by atoms with Gasteiger partial charge in [-0.25, -0.2) is 14.2 Å². The van der Waals surface area contributed by atoms with E-state index in [4.69, 9.17) is 27.9 Å². The largest absolute Gasteiger partial charge is 0.504 e. The lowest BCUT2D eigenvalue weighted by Crippen LogP contribution is -2.48. The van der Waals surface area contributed by atoms with Gasteiger partial charge in [-0.1, -0.05) is 47.0 Å². The lowest BCUT2D eigenvalue weighted by atomic mass is 9.51. The Hall–Kier alpha value is -4.21. The van der Waals surface area contributed by atoms with Crippen molar-refractivity contribution >= 4 is 58.2 Å². The van der Waals surface area contributed by atoms with Crippen LogP contribution in [0.25, 0.3) is 0 Å². The van der Waals surface area contributed by atoms with E-state index in [1.807, 2.05) is 13.0 Å². The second-order valence-corrected chi connectivity index (χ2v) is 13.5. The van der Waals surface area contributed by atoms with Crippen molar-refractivity contribution in [1.29, 1.82) is 0 Å². The van der Waals surface area contributed by atoms with Crippen LogP contribution in [0.4, 0.5) is 15.8 Å². The minimum atomic E-state index is -1.33. The summed E-state index contributed by atoms with van der Waals surface area (Å²) in [6.07, 6.45) is 2.35. The topological polar surface area (TPSA) is 104 Å². The SMILES string of the molecule is COc1cc([C@H]2C3=CC[C@@H]4C(=O)N(c5ccc(C)c(Cl)c5)C(=O)[C@@H]4[C@@H]3C[C@H]3C(=O)N(c4ccc(F)c(Cl)c4)C(=O)[C@@]23C)ccc1O. The van der Waals surface area contributed by atoms with Crippen molar-refractivity contribution in [3.05, 3.63) is 93.2 Å². The number of phenolic OH excluding ortho intramolecular Hbond substituents is 1. The number of fused-ring (bicyclic) bond motifs is 4. The van der Waals surface area contributed by atoms with Gasteiger partial charge in [0.15, 0.2) is 11.5 Å². The summed E-state index contributed by atoms with van der Waals surface area (Å²) in [5.74, 6) is -5.87. The van der Waals surface area contributed by atoms with E-state index < -0.39 is 52.6 Å². The zero-order chi connectivity index (χ0) is 32.8.